The largest absolute Gasteiger partial charge is 0.381 e. The normalized spacial score (nSPS) is 17.1. The molecule has 0 spiro atoms. The van der Waals surface area contributed by atoms with Crippen molar-refractivity contribution in [3.63, 3.8) is 0 Å². The van der Waals surface area contributed by atoms with Gasteiger partial charge in [-0.3, -0.25) is 0 Å². The molecule has 1 aliphatic heterocycles. The fraction of sp³-hybridized carbons (Fsp3) is 0.769. The molecule has 102 valence electrons. The van der Waals surface area contributed by atoms with E-state index in [1.54, 1.807) is 11.3 Å². The van der Waals surface area contributed by atoms with Crippen molar-refractivity contribution in [1.82, 2.24) is 4.98 Å². The summed E-state index contributed by atoms with van der Waals surface area (Å²) in [6.07, 6.45) is 4.34. The van der Waals surface area contributed by atoms with Gasteiger partial charge in [-0.15, -0.1) is 11.3 Å². The predicted octanol–water partition coefficient (Wildman–Crippen LogP) is 2.17. The molecule has 0 atom stereocenters. The van der Waals surface area contributed by atoms with Gasteiger partial charge in [0.25, 0.3) is 0 Å². The molecule has 2 heterocycles. The van der Waals surface area contributed by atoms with E-state index >= 15 is 0 Å². The van der Waals surface area contributed by atoms with Crippen molar-refractivity contribution in [3.05, 3.63) is 10.6 Å². The van der Waals surface area contributed by atoms with E-state index in [1.165, 1.54) is 10.6 Å². The van der Waals surface area contributed by atoms with Crippen molar-refractivity contribution in [3.8, 4) is 0 Å². The van der Waals surface area contributed by atoms with Crippen LogP contribution in [0.2, 0.25) is 0 Å². The molecule has 1 aromatic rings. The van der Waals surface area contributed by atoms with Crippen LogP contribution in [0, 0.1) is 0 Å². The summed E-state index contributed by atoms with van der Waals surface area (Å²) in [6.45, 7) is 4.52. The lowest BCUT2D eigenvalue weighted by Gasteiger charge is -2.30. The summed E-state index contributed by atoms with van der Waals surface area (Å²) in [7, 11) is 2.14. The maximum absolute atomic E-state index is 5.80. The van der Waals surface area contributed by atoms with Gasteiger partial charge in [0.1, 0.15) is 0 Å². The van der Waals surface area contributed by atoms with Crippen molar-refractivity contribution in [1.29, 1.82) is 0 Å². The molecule has 1 aliphatic rings. The highest BCUT2D eigenvalue weighted by Crippen LogP contribution is 2.29. The molecule has 2 N–H and O–H groups in total. The third-order valence-electron chi connectivity index (χ3n) is 3.48. The second-order valence-corrected chi connectivity index (χ2v) is 5.84. The summed E-state index contributed by atoms with van der Waals surface area (Å²) in [5.74, 6) is 0. The van der Waals surface area contributed by atoms with Gasteiger partial charge in [-0.05, 0) is 19.3 Å². The van der Waals surface area contributed by atoms with Crippen molar-refractivity contribution >= 4 is 16.5 Å². The summed E-state index contributed by atoms with van der Waals surface area (Å²) in [5.41, 5.74) is 7.00. The number of anilines is 1. The number of aryl methyl sites for hydroxylation is 1. The number of hydrogen-bond acceptors (Lipinski definition) is 5. The average Bonchev–Trinajstić information content (AvgIpc) is 2.82. The zero-order valence-electron chi connectivity index (χ0n) is 11.3. The average molecular weight is 269 g/mol. The van der Waals surface area contributed by atoms with E-state index < -0.39 is 0 Å². The Hall–Kier alpha value is -0.650. The zero-order chi connectivity index (χ0) is 13.0. The fourth-order valence-corrected chi connectivity index (χ4v) is 3.36. The molecule has 2 rings (SSSR count). The number of hydrogen-bond donors (Lipinski definition) is 1. The Morgan fingerprint density at radius 1 is 1.44 bits per heavy atom. The van der Waals surface area contributed by atoms with Gasteiger partial charge in [-0.2, -0.15) is 0 Å². The van der Waals surface area contributed by atoms with Gasteiger partial charge < -0.3 is 15.4 Å². The first-order valence-corrected chi connectivity index (χ1v) is 7.57. The van der Waals surface area contributed by atoms with Crippen LogP contribution in [0.5, 0.6) is 0 Å². The van der Waals surface area contributed by atoms with Crippen molar-refractivity contribution < 1.29 is 4.74 Å². The van der Waals surface area contributed by atoms with Crippen LogP contribution in [0.25, 0.3) is 0 Å². The molecule has 0 aliphatic carbocycles. The van der Waals surface area contributed by atoms with Gasteiger partial charge in [-0.25, -0.2) is 4.98 Å². The van der Waals surface area contributed by atoms with Gasteiger partial charge in [0, 0.05) is 37.7 Å². The lowest BCUT2D eigenvalue weighted by Crippen LogP contribution is -2.36. The van der Waals surface area contributed by atoms with Gasteiger partial charge in [0.05, 0.1) is 5.69 Å². The van der Waals surface area contributed by atoms with Crippen LogP contribution >= 0.6 is 11.3 Å². The topological polar surface area (TPSA) is 51.4 Å². The minimum Gasteiger partial charge on any atom is -0.381 e. The smallest absolute Gasteiger partial charge is 0.185 e. The van der Waals surface area contributed by atoms with Gasteiger partial charge in [-0.1, -0.05) is 13.3 Å². The van der Waals surface area contributed by atoms with E-state index in [9.17, 15) is 0 Å². The minimum absolute atomic E-state index is 0.560. The lowest BCUT2D eigenvalue weighted by atomic mass is 10.1. The molecule has 0 radical (unpaired) electrons. The molecule has 1 saturated heterocycles. The summed E-state index contributed by atoms with van der Waals surface area (Å²) in [4.78, 5) is 8.32. The van der Waals surface area contributed by atoms with E-state index in [-0.39, 0.29) is 0 Å². The zero-order valence-corrected chi connectivity index (χ0v) is 12.1. The number of thiazole rings is 1. The van der Waals surface area contributed by atoms with E-state index in [4.69, 9.17) is 15.5 Å². The Kier molecular flexibility index (Phi) is 4.97. The first-order chi connectivity index (χ1) is 8.76. The Morgan fingerprint density at radius 3 is 2.78 bits per heavy atom. The number of nitrogens with zero attached hydrogens (tertiary/aromatic N) is 2. The highest BCUT2D eigenvalue weighted by Gasteiger charge is 2.22. The lowest BCUT2D eigenvalue weighted by molar-refractivity contribution is 0.0855. The molecular formula is C13H23N3OS. The summed E-state index contributed by atoms with van der Waals surface area (Å²) >= 11 is 1.75. The third kappa shape index (κ3) is 3.02. The predicted molar refractivity (Wildman–Crippen MR) is 76.2 cm³/mol. The molecule has 0 bridgehead atoms. The SMILES string of the molecule is CCCc1nc(N(C)C2CCOCC2)sc1CN. The van der Waals surface area contributed by atoms with E-state index in [2.05, 4.69) is 18.9 Å². The quantitative estimate of drug-likeness (QED) is 0.890. The van der Waals surface area contributed by atoms with Crippen LogP contribution in [-0.4, -0.2) is 31.3 Å². The molecule has 0 aromatic carbocycles. The van der Waals surface area contributed by atoms with Crippen molar-refractivity contribution in [2.75, 3.05) is 25.2 Å². The number of aromatic nitrogens is 1. The molecule has 0 amide bonds. The second kappa shape index (κ2) is 6.50. The number of rotatable bonds is 5. The number of ether oxygens (including phenoxy) is 1. The summed E-state index contributed by atoms with van der Waals surface area (Å²) in [5, 5.41) is 1.12. The third-order valence-corrected chi connectivity index (χ3v) is 4.69. The van der Waals surface area contributed by atoms with Crippen LogP contribution in [0.1, 0.15) is 36.8 Å². The van der Waals surface area contributed by atoms with Crippen LogP contribution in [-0.2, 0) is 17.7 Å². The maximum Gasteiger partial charge on any atom is 0.185 e. The molecule has 0 unspecified atom stereocenters. The Balaban J connectivity index is 2.11. The Morgan fingerprint density at radius 2 is 2.17 bits per heavy atom. The highest BCUT2D eigenvalue weighted by atomic mass is 32.1. The molecule has 0 saturated carbocycles. The minimum atomic E-state index is 0.560. The monoisotopic (exact) mass is 269 g/mol. The van der Waals surface area contributed by atoms with E-state index in [1.807, 2.05) is 0 Å². The van der Waals surface area contributed by atoms with Gasteiger partial charge in [0.15, 0.2) is 5.13 Å². The van der Waals surface area contributed by atoms with E-state index in [0.717, 1.165) is 44.0 Å². The van der Waals surface area contributed by atoms with Gasteiger partial charge >= 0.3 is 0 Å². The standard InChI is InChI=1S/C13H23N3OS/c1-3-4-11-12(9-14)18-13(15-11)16(2)10-5-7-17-8-6-10/h10H,3-9,14H2,1-2H3. The van der Waals surface area contributed by atoms with Crippen LogP contribution < -0.4 is 10.6 Å². The van der Waals surface area contributed by atoms with Crippen LogP contribution in [0.4, 0.5) is 5.13 Å². The first-order valence-electron chi connectivity index (χ1n) is 6.75. The second-order valence-electron chi connectivity index (χ2n) is 4.77. The Labute approximate surface area is 113 Å². The van der Waals surface area contributed by atoms with Gasteiger partial charge in [0.2, 0.25) is 0 Å². The van der Waals surface area contributed by atoms with Crippen molar-refractivity contribution in [2.45, 2.75) is 45.2 Å². The summed E-state index contributed by atoms with van der Waals surface area (Å²) < 4.78 is 5.41. The molecular weight excluding hydrogens is 246 g/mol. The molecule has 1 aromatic heterocycles. The first kappa shape index (κ1) is 13.8. The molecule has 1 fully saturated rings. The fourth-order valence-electron chi connectivity index (χ4n) is 2.34. The Bertz CT molecular complexity index is 374. The van der Waals surface area contributed by atoms with Crippen molar-refractivity contribution in [2.24, 2.45) is 5.73 Å². The summed E-state index contributed by atoms with van der Waals surface area (Å²) in [6, 6.07) is 0.560. The molecule has 4 nitrogen and oxygen atoms in total. The van der Waals surface area contributed by atoms with Crippen LogP contribution in [0.3, 0.4) is 0 Å². The highest BCUT2D eigenvalue weighted by molar-refractivity contribution is 7.15. The molecule has 18 heavy (non-hydrogen) atoms. The van der Waals surface area contributed by atoms with E-state index in [0.29, 0.717) is 12.6 Å². The van der Waals surface area contributed by atoms with Crippen LogP contribution in [0.15, 0.2) is 0 Å². The molecule has 5 heteroatoms. The maximum atomic E-state index is 5.80. The number of nitrogens with two attached hydrogens (primary N) is 1.